The van der Waals surface area contributed by atoms with Gasteiger partial charge in [-0.3, -0.25) is 0 Å². The van der Waals surface area contributed by atoms with Crippen LogP contribution in [0, 0.1) is 0 Å². The smallest absolute Gasteiger partial charge is 0.338 e. The highest BCUT2D eigenvalue weighted by molar-refractivity contribution is 7.78. The summed E-state index contributed by atoms with van der Waals surface area (Å²) in [7, 11) is -1.48. The van der Waals surface area contributed by atoms with Gasteiger partial charge in [-0.25, -0.2) is 4.79 Å². The van der Waals surface area contributed by atoms with E-state index in [1.807, 2.05) is 30.3 Å². The second kappa shape index (κ2) is 5.41. The Bertz CT molecular complexity index is 635. The van der Waals surface area contributed by atoms with Crippen molar-refractivity contribution in [3.05, 3.63) is 60.2 Å². The second-order valence-electron chi connectivity index (χ2n) is 4.27. The molecular formula is C15H15O3P. The zero-order chi connectivity index (χ0) is 13.9. The molecule has 2 aromatic carbocycles. The summed E-state index contributed by atoms with van der Waals surface area (Å²) in [5.41, 5.74) is 0.361. The number of carbonyl (C=O) groups excluding carboxylic acids is 1. The van der Waals surface area contributed by atoms with Crippen LogP contribution in [0.4, 0.5) is 0 Å². The second-order valence-corrected chi connectivity index (χ2v) is 7.11. The Morgan fingerprint density at radius 3 is 2.21 bits per heavy atom. The van der Waals surface area contributed by atoms with E-state index in [1.54, 1.807) is 30.9 Å². The summed E-state index contributed by atoms with van der Waals surface area (Å²) in [5.74, 6) is -0.464. The van der Waals surface area contributed by atoms with Crippen LogP contribution in [0.5, 0.6) is 0 Å². The number of hydrogen-bond acceptors (Lipinski definition) is 3. The Hall–Kier alpha value is -1.86. The van der Waals surface area contributed by atoms with Crippen molar-refractivity contribution in [2.75, 3.05) is 13.8 Å². The van der Waals surface area contributed by atoms with Gasteiger partial charge in [0.15, 0.2) is 0 Å². The predicted octanol–water partition coefficient (Wildman–Crippen LogP) is 2.42. The van der Waals surface area contributed by atoms with Gasteiger partial charge in [0.25, 0.3) is 0 Å². The Morgan fingerprint density at radius 2 is 1.58 bits per heavy atom. The lowest BCUT2D eigenvalue weighted by molar-refractivity contribution is 0.0602. The summed E-state index contributed by atoms with van der Waals surface area (Å²) in [6, 6.07) is 16.1. The predicted molar refractivity (Wildman–Crippen MR) is 77.0 cm³/mol. The molecule has 0 heterocycles. The third kappa shape index (κ3) is 2.61. The lowest BCUT2D eigenvalue weighted by Crippen LogP contribution is -2.22. The van der Waals surface area contributed by atoms with Crippen molar-refractivity contribution < 1.29 is 14.1 Å². The van der Waals surface area contributed by atoms with Crippen LogP contribution >= 0.6 is 7.14 Å². The van der Waals surface area contributed by atoms with E-state index in [4.69, 9.17) is 4.74 Å². The molecule has 4 heteroatoms. The molecule has 0 bridgehead atoms. The SMILES string of the molecule is COC(=O)c1ccccc1P(C)(=O)c1ccccc1. The van der Waals surface area contributed by atoms with Gasteiger partial charge >= 0.3 is 5.97 Å². The van der Waals surface area contributed by atoms with Crippen molar-refractivity contribution in [2.45, 2.75) is 0 Å². The highest BCUT2D eigenvalue weighted by atomic mass is 31.2. The first-order valence-electron chi connectivity index (χ1n) is 5.88. The molecule has 0 aliphatic rings. The summed E-state index contributed by atoms with van der Waals surface area (Å²) >= 11 is 0. The van der Waals surface area contributed by atoms with Crippen molar-refractivity contribution in [3.63, 3.8) is 0 Å². The molecule has 0 N–H and O–H groups in total. The zero-order valence-electron chi connectivity index (χ0n) is 10.9. The van der Waals surface area contributed by atoms with Gasteiger partial charge in [0.05, 0.1) is 12.7 Å². The molecular weight excluding hydrogens is 259 g/mol. The molecule has 0 radical (unpaired) electrons. The molecule has 19 heavy (non-hydrogen) atoms. The number of carbonyl (C=O) groups is 1. The van der Waals surface area contributed by atoms with Crippen molar-refractivity contribution in [3.8, 4) is 0 Å². The van der Waals surface area contributed by atoms with E-state index in [-0.39, 0.29) is 0 Å². The summed E-state index contributed by atoms with van der Waals surface area (Å²) in [6.45, 7) is 1.67. The highest BCUT2D eigenvalue weighted by Crippen LogP contribution is 2.39. The van der Waals surface area contributed by atoms with Crippen LogP contribution in [0.25, 0.3) is 0 Å². The van der Waals surface area contributed by atoms with E-state index in [0.717, 1.165) is 5.30 Å². The maximum atomic E-state index is 13.1. The summed E-state index contributed by atoms with van der Waals surface area (Å²) in [6.07, 6.45) is 0. The topological polar surface area (TPSA) is 43.4 Å². The van der Waals surface area contributed by atoms with Crippen molar-refractivity contribution in [2.24, 2.45) is 0 Å². The minimum absolute atomic E-state index is 0.361. The van der Waals surface area contributed by atoms with Crippen LogP contribution in [0.2, 0.25) is 0 Å². The van der Waals surface area contributed by atoms with Crippen molar-refractivity contribution >= 4 is 23.7 Å². The Kier molecular flexibility index (Phi) is 3.87. The molecule has 98 valence electrons. The molecule has 0 saturated carbocycles. The normalized spacial score (nSPS) is 13.6. The minimum Gasteiger partial charge on any atom is -0.465 e. The van der Waals surface area contributed by atoms with Crippen LogP contribution < -0.4 is 10.6 Å². The van der Waals surface area contributed by atoms with Crippen LogP contribution in [0.15, 0.2) is 54.6 Å². The number of methoxy groups -OCH3 is 1. The molecule has 3 nitrogen and oxygen atoms in total. The summed E-state index contributed by atoms with van der Waals surface area (Å²) in [5, 5.41) is 1.26. The lowest BCUT2D eigenvalue weighted by Gasteiger charge is -2.16. The molecule has 0 aromatic heterocycles. The van der Waals surface area contributed by atoms with Gasteiger partial charge in [-0.15, -0.1) is 0 Å². The van der Waals surface area contributed by atoms with Gasteiger partial charge in [0.1, 0.15) is 7.14 Å². The Balaban J connectivity index is 2.59. The maximum Gasteiger partial charge on any atom is 0.338 e. The number of ether oxygens (including phenoxy) is 1. The number of hydrogen-bond donors (Lipinski definition) is 0. The quantitative estimate of drug-likeness (QED) is 0.637. The van der Waals surface area contributed by atoms with Crippen LogP contribution in [-0.2, 0) is 9.30 Å². The molecule has 2 rings (SSSR count). The van der Waals surface area contributed by atoms with Gasteiger partial charge < -0.3 is 9.30 Å². The van der Waals surface area contributed by atoms with E-state index >= 15 is 0 Å². The van der Waals surface area contributed by atoms with E-state index in [9.17, 15) is 9.36 Å². The fourth-order valence-corrected chi connectivity index (χ4v) is 4.00. The minimum atomic E-state index is -2.80. The molecule has 0 aliphatic carbocycles. The highest BCUT2D eigenvalue weighted by Gasteiger charge is 2.26. The van der Waals surface area contributed by atoms with Crippen molar-refractivity contribution in [1.82, 2.24) is 0 Å². The third-order valence-corrected chi connectivity index (χ3v) is 5.61. The average Bonchev–Trinajstić information content (AvgIpc) is 2.47. The summed E-state index contributed by atoms with van der Waals surface area (Å²) < 4.78 is 17.8. The van der Waals surface area contributed by atoms with E-state index in [1.165, 1.54) is 7.11 Å². The maximum absolute atomic E-state index is 13.1. The van der Waals surface area contributed by atoms with E-state index < -0.39 is 13.1 Å². The molecule has 1 atom stereocenters. The number of rotatable bonds is 3. The fraction of sp³-hybridized carbons (Fsp3) is 0.133. The lowest BCUT2D eigenvalue weighted by atomic mass is 10.2. The fourth-order valence-electron chi connectivity index (χ4n) is 1.98. The first-order chi connectivity index (χ1) is 9.07. The summed E-state index contributed by atoms with van der Waals surface area (Å²) in [4.78, 5) is 11.8. The van der Waals surface area contributed by atoms with Crippen molar-refractivity contribution in [1.29, 1.82) is 0 Å². The van der Waals surface area contributed by atoms with E-state index in [0.29, 0.717) is 10.9 Å². The van der Waals surface area contributed by atoms with Gasteiger partial charge in [-0.05, 0) is 12.7 Å². The molecule has 2 aromatic rings. The van der Waals surface area contributed by atoms with Gasteiger partial charge in [-0.1, -0.05) is 48.5 Å². The molecule has 0 spiro atoms. The standard InChI is InChI=1S/C15H15O3P/c1-18-15(16)13-10-6-7-11-14(13)19(2,17)12-8-4-3-5-9-12/h3-11H,1-2H3. The molecule has 0 fully saturated rings. The molecule has 0 saturated heterocycles. The molecule has 0 amide bonds. The van der Waals surface area contributed by atoms with E-state index in [2.05, 4.69) is 0 Å². The molecule has 0 aliphatic heterocycles. The first-order valence-corrected chi connectivity index (χ1v) is 8.04. The van der Waals surface area contributed by atoms with Crippen LogP contribution in [-0.4, -0.2) is 19.7 Å². The number of esters is 1. The first kappa shape index (κ1) is 13.6. The monoisotopic (exact) mass is 274 g/mol. The third-order valence-electron chi connectivity index (χ3n) is 3.02. The zero-order valence-corrected chi connectivity index (χ0v) is 11.8. The van der Waals surface area contributed by atoms with Crippen LogP contribution in [0.3, 0.4) is 0 Å². The largest absolute Gasteiger partial charge is 0.465 e. The Morgan fingerprint density at radius 1 is 1.00 bits per heavy atom. The van der Waals surface area contributed by atoms with Gasteiger partial charge in [0, 0.05) is 10.6 Å². The van der Waals surface area contributed by atoms with Crippen LogP contribution in [0.1, 0.15) is 10.4 Å². The molecule has 1 unspecified atom stereocenters. The van der Waals surface area contributed by atoms with Gasteiger partial charge in [0.2, 0.25) is 0 Å². The van der Waals surface area contributed by atoms with Gasteiger partial charge in [-0.2, -0.15) is 0 Å². The average molecular weight is 274 g/mol. The number of benzene rings is 2. The Labute approximate surface area is 112 Å².